The summed E-state index contributed by atoms with van der Waals surface area (Å²) in [5.41, 5.74) is 0. The minimum absolute atomic E-state index is 0.672. The first kappa shape index (κ1) is 13.9. The lowest BCUT2D eigenvalue weighted by molar-refractivity contribution is 0.226. The van der Waals surface area contributed by atoms with Gasteiger partial charge in [0.15, 0.2) is 0 Å². The Kier molecular flexibility index (Phi) is 4.61. The summed E-state index contributed by atoms with van der Waals surface area (Å²) in [6, 6.07) is 0.672. The molecule has 2 fully saturated rings. The van der Waals surface area contributed by atoms with Gasteiger partial charge in [0.05, 0.1) is 0 Å². The first-order chi connectivity index (χ1) is 9.83. The molecular weight excluding hydrogens is 248 g/mol. The highest BCUT2D eigenvalue weighted by molar-refractivity contribution is 5.27. The Labute approximate surface area is 122 Å². The Morgan fingerprint density at radius 1 is 1.15 bits per heavy atom. The molecule has 20 heavy (non-hydrogen) atoms. The van der Waals surface area contributed by atoms with E-state index in [9.17, 15) is 0 Å². The highest BCUT2D eigenvalue weighted by Crippen LogP contribution is 2.30. The normalized spacial score (nSPS) is 23.1. The van der Waals surface area contributed by atoms with Crippen molar-refractivity contribution in [3.63, 3.8) is 0 Å². The molecule has 4 heteroatoms. The lowest BCUT2D eigenvalue weighted by atomic mass is 9.95. The second kappa shape index (κ2) is 6.61. The molecule has 1 saturated carbocycles. The van der Waals surface area contributed by atoms with Crippen LogP contribution < -0.4 is 5.32 Å². The highest BCUT2D eigenvalue weighted by Gasteiger charge is 2.20. The van der Waals surface area contributed by atoms with Crippen molar-refractivity contribution in [1.82, 2.24) is 14.5 Å². The number of piperidine rings is 1. The highest BCUT2D eigenvalue weighted by atomic mass is 15.2. The first-order valence-corrected chi connectivity index (χ1v) is 8.28. The Morgan fingerprint density at radius 2 is 1.90 bits per heavy atom. The molecule has 2 heterocycles. The third-order valence-electron chi connectivity index (χ3n) is 5.02. The van der Waals surface area contributed by atoms with Crippen LogP contribution in [0.4, 0.5) is 5.95 Å². The van der Waals surface area contributed by atoms with Crippen LogP contribution in [0.2, 0.25) is 0 Å². The van der Waals surface area contributed by atoms with Crippen molar-refractivity contribution >= 4 is 5.95 Å². The average Bonchev–Trinajstić information content (AvgIpc) is 2.96. The third-order valence-corrected chi connectivity index (χ3v) is 5.02. The van der Waals surface area contributed by atoms with Crippen molar-refractivity contribution in [2.75, 3.05) is 32.0 Å². The molecule has 0 bridgehead atoms. The smallest absolute Gasteiger partial charge is 0.203 e. The van der Waals surface area contributed by atoms with Crippen LogP contribution in [-0.2, 0) is 0 Å². The van der Waals surface area contributed by atoms with Crippen molar-refractivity contribution in [3.05, 3.63) is 12.4 Å². The van der Waals surface area contributed by atoms with Gasteiger partial charge < -0.3 is 14.8 Å². The minimum Gasteiger partial charge on any atom is -0.355 e. The number of nitrogens with one attached hydrogen (secondary N) is 1. The van der Waals surface area contributed by atoms with Crippen LogP contribution in [0.3, 0.4) is 0 Å². The van der Waals surface area contributed by atoms with Crippen LogP contribution in [0.15, 0.2) is 12.4 Å². The van der Waals surface area contributed by atoms with Gasteiger partial charge in [0.25, 0.3) is 0 Å². The first-order valence-electron chi connectivity index (χ1n) is 8.28. The fourth-order valence-corrected chi connectivity index (χ4v) is 3.61. The van der Waals surface area contributed by atoms with E-state index in [2.05, 4.69) is 33.0 Å². The van der Waals surface area contributed by atoms with Crippen molar-refractivity contribution in [2.24, 2.45) is 5.92 Å². The minimum atomic E-state index is 0.672. The summed E-state index contributed by atoms with van der Waals surface area (Å²) >= 11 is 0. The van der Waals surface area contributed by atoms with Gasteiger partial charge in [0.1, 0.15) is 0 Å². The molecule has 1 aromatic heterocycles. The number of anilines is 1. The lowest BCUT2D eigenvalue weighted by Gasteiger charge is -2.30. The molecule has 0 spiro atoms. The van der Waals surface area contributed by atoms with Crippen molar-refractivity contribution in [3.8, 4) is 0 Å². The number of rotatable bonds is 4. The Morgan fingerprint density at radius 3 is 2.65 bits per heavy atom. The molecule has 0 radical (unpaired) electrons. The molecule has 1 aliphatic carbocycles. The van der Waals surface area contributed by atoms with Gasteiger partial charge in [-0.1, -0.05) is 19.3 Å². The van der Waals surface area contributed by atoms with Crippen LogP contribution >= 0.6 is 0 Å². The molecule has 0 atom stereocenters. The fraction of sp³-hybridized carbons (Fsp3) is 0.812. The van der Waals surface area contributed by atoms with E-state index in [0.29, 0.717) is 6.04 Å². The van der Waals surface area contributed by atoms with Gasteiger partial charge in [-0.2, -0.15) is 0 Å². The number of likely N-dealkylation sites (tertiary alicyclic amines) is 1. The summed E-state index contributed by atoms with van der Waals surface area (Å²) in [7, 11) is 2.22. The van der Waals surface area contributed by atoms with Gasteiger partial charge in [-0.05, 0) is 51.7 Å². The Hall–Kier alpha value is -1.03. The molecule has 1 saturated heterocycles. The van der Waals surface area contributed by atoms with Crippen LogP contribution in [0.5, 0.6) is 0 Å². The maximum atomic E-state index is 4.53. The number of imidazole rings is 1. The molecular formula is C16H28N4. The summed E-state index contributed by atoms with van der Waals surface area (Å²) < 4.78 is 2.38. The second-order valence-corrected chi connectivity index (χ2v) is 6.58. The number of hydrogen-bond donors (Lipinski definition) is 1. The van der Waals surface area contributed by atoms with E-state index in [1.807, 2.05) is 6.20 Å². The van der Waals surface area contributed by atoms with Gasteiger partial charge >= 0.3 is 0 Å². The SMILES string of the molecule is CN1CCC(CNc2nccn2C2CCCCC2)CC1. The summed E-state index contributed by atoms with van der Waals surface area (Å²) in [5, 5.41) is 3.61. The predicted octanol–water partition coefficient (Wildman–Crippen LogP) is 3.14. The van der Waals surface area contributed by atoms with E-state index >= 15 is 0 Å². The van der Waals surface area contributed by atoms with E-state index in [-0.39, 0.29) is 0 Å². The average molecular weight is 276 g/mol. The standard InChI is InChI=1S/C16H28N4/c1-19-10-7-14(8-11-19)13-18-16-17-9-12-20(16)15-5-3-2-4-6-15/h9,12,14-15H,2-8,10-11,13H2,1H3,(H,17,18). The summed E-state index contributed by atoms with van der Waals surface area (Å²) in [6.07, 6.45) is 13.5. The van der Waals surface area contributed by atoms with Crippen LogP contribution in [0, 0.1) is 5.92 Å². The summed E-state index contributed by atoms with van der Waals surface area (Å²) in [5.74, 6) is 1.90. The monoisotopic (exact) mass is 276 g/mol. The molecule has 1 N–H and O–H groups in total. The zero-order chi connectivity index (χ0) is 13.8. The number of hydrogen-bond acceptors (Lipinski definition) is 3. The van der Waals surface area contributed by atoms with Gasteiger partial charge in [-0.3, -0.25) is 0 Å². The van der Waals surface area contributed by atoms with Crippen LogP contribution in [0.25, 0.3) is 0 Å². The number of aromatic nitrogens is 2. The fourth-order valence-electron chi connectivity index (χ4n) is 3.61. The molecule has 0 aromatic carbocycles. The maximum absolute atomic E-state index is 4.53. The molecule has 1 aromatic rings. The van der Waals surface area contributed by atoms with E-state index in [1.165, 1.54) is 58.0 Å². The molecule has 112 valence electrons. The van der Waals surface area contributed by atoms with Crippen molar-refractivity contribution in [1.29, 1.82) is 0 Å². The van der Waals surface area contributed by atoms with E-state index in [1.54, 1.807) is 0 Å². The topological polar surface area (TPSA) is 33.1 Å². The van der Waals surface area contributed by atoms with Crippen molar-refractivity contribution < 1.29 is 0 Å². The maximum Gasteiger partial charge on any atom is 0.203 e. The Bertz CT molecular complexity index is 400. The quantitative estimate of drug-likeness (QED) is 0.917. The molecule has 0 unspecified atom stereocenters. The zero-order valence-corrected chi connectivity index (χ0v) is 12.7. The van der Waals surface area contributed by atoms with Gasteiger partial charge in [-0.25, -0.2) is 4.98 Å². The lowest BCUT2D eigenvalue weighted by Crippen LogP contribution is -2.33. The van der Waals surface area contributed by atoms with E-state index < -0.39 is 0 Å². The van der Waals surface area contributed by atoms with E-state index in [4.69, 9.17) is 0 Å². The molecule has 4 nitrogen and oxygen atoms in total. The molecule has 1 aliphatic heterocycles. The molecule has 0 amide bonds. The Balaban J connectivity index is 1.54. The van der Waals surface area contributed by atoms with Gasteiger partial charge in [-0.15, -0.1) is 0 Å². The second-order valence-electron chi connectivity index (χ2n) is 6.58. The van der Waals surface area contributed by atoms with Crippen LogP contribution in [0.1, 0.15) is 51.0 Å². The van der Waals surface area contributed by atoms with Crippen LogP contribution in [-0.4, -0.2) is 41.1 Å². The number of nitrogens with zero attached hydrogens (tertiary/aromatic N) is 3. The van der Waals surface area contributed by atoms with Crippen molar-refractivity contribution in [2.45, 2.75) is 51.0 Å². The summed E-state index contributed by atoms with van der Waals surface area (Å²) in [4.78, 5) is 6.96. The third kappa shape index (κ3) is 3.35. The molecule has 3 rings (SSSR count). The predicted molar refractivity (Wildman–Crippen MR) is 83.1 cm³/mol. The summed E-state index contributed by atoms with van der Waals surface area (Å²) in [6.45, 7) is 3.56. The zero-order valence-electron chi connectivity index (χ0n) is 12.7. The van der Waals surface area contributed by atoms with Gasteiger partial charge in [0, 0.05) is 25.0 Å². The van der Waals surface area contributed by atoms with Gasteiger partial charge in [0.2, 0.25) is 5.95 Å². The van der Waals surface area contributed by atoms with E-state index in [0.717, 1.165) is 18.4 Å². The molecule has 2 aliphatic rings. The largest absolute Gasteiger partial charge is 0.355 e.